The number of aliphatic hydroxyl groups excluding tert-OH is 1. The Bertz CT molecular complexity index is 1540. The van der Waals surface area contributed by atoms with E-state index in [1.54, 1.807) is 41.3 Å². The third-order valence-corrected chi connectivity index (χ3v) is 10.5. The van der Waals surface area contributed by atoms with Crippen molar-refractivity contribution in [1.82, 2.24) is 10.2 Å². The van der Waals surface area contributed by atoms with Crippen molar-refractivity contribution >= 4 is 41.0 Å². The molecule has 3 aliphatic heterocycles. The number of allylic oxidation sites excluding steroid dienone is 1. The zero-order valence-electron chi connectivity index (χ0n) is 28.1. The van der Waals surface area contributed by atoms with E-state index in [-0.39, 0.29) is 43.8 Å². The van der Waals surface area contributed by atoms with Crippen LogP contribution in [0.2, 0.25) is 5.02 Å². The minimum Gasteiger partial charge on any atom is -0.455 e. The number of anilines is 1. The molecule has 8 atom stereocenters. The number of rotatable bonds is 16. The monoisotopic (exact) mass is 691 g/mol. The van der Waals surface area contributed by atoms with Gasteiger partial charge in [0.15, 0.2) is 0 Å². The topological polar surface area (TPSA) is 125 Å². The molecule has 3 aliphatic rings. The first-order valence-electron chi connectivity index (χ1n) is 17.0. The van der Waals surface area contributed by atoms with Crippen LogP contribution < -0.4 is 10.2 Å². The van der Waals surface area contributed by atoms with Gasteiger partial charge in [-0.3, -0.25) is 19.2 Å². The van der Waals surface area contributed by atoms with Crippen molar-refractivity contribution < 1.29 is 33.8 Å². The molecule has 11 heteroatoms. The first-order valence-corrected chi connectivity index (χ1v) is 17.4. The molecule has 2 aromatic carbocycles. The van der Waals surface area contributed by atoms with Crippen LogP contribution in [0.4, 0.5) is 5.69 Å². The van der Waals surface area contributed by atoms with Crippen molar-refractivity contribution in [3.8, 4) is 0 Å². The maximum Gasteiger partial charge on any atom is 0.313 e. The summed E-state index contributed by atoms with van der Waals surface area (Å²) in [4.78, 5) is 59.3. The van der Waals surface area contributed by atoms with Gasteiger partial charge in [0.25, 0.3) is 5.91 Å². The Morgan fingerprint density at radius 3 is 2.51 bits per heavy atom. The van der Waals surface area contributed by atoms with E-state index in [0.717, 1.165) is 0 Å². The number of nitrogens with one attached hydrogen (secondary N) is 1. The van der Waals surface area contributed by atoms with E-state index in [0.29, 0.717) is 42.0 Å². The second-order valence-corrected chi connectivity index (χ2v) is 13.6. The van der Waals surface area contributed by atoms with Crippen LogP contribution in [0.15, 0.2) is 79.9 Å². The first-order chi connectivity index (χ1) is 23.6. The van der Waals surface area contributed by atoms with E-state index in [1.165, 1.54) is 4.90 Å². The summed E-state index contributed by atoms with van der Waals surface area (Å²) < 4.78 is 12.8. The normalized spacial score (nSPS) is 25.6. The third-order valence-electron chi connectivity index (χ3n) is 10.3. The zero-order valence-corrected chi connectivity index (χ0v) is 28.9. The number of carbonyl (C=O) groups is 4. The Balaban J connectivity index is 1.51. The standard InChI is InChI=1S/C38H46ClN3O7/c1-5-8-14-31(44)40-22-30(25-12-10-9-11-13-25)48-37(47)32-29-19-20-38(49-29)33(32)35(45)42(28(23-43)24(4)7-3)34(38)36(46)41(21-6-2)27-17-15-26(39)16-18-27/h5-6,9-13,15-18,24,28-30,32-34,43H,1-2,7-8,14,19-23H2,3-4H3,(H,40,44)/t24-,28-,29+,30-,32-,33-,34+,38-/m0/s1. The van der Waals surface area contributed by atoms with Crippen molar-refractivity contribution in [3.05, 3.63) is 90.5 Å². The lowest BCUT2D eigenvalue weighted by atomic mass is 9.70. The van der Waals surface area contributed by atoms with Gasteiger partial charge in [-0.1, -0.05) is 74.4 Å². The van der Waals surface area contributed by atoms with Gasteiger partial charge in [-0.05, 0) is 55.0 Å². The SMILES string of the molecule is C=CCCC(=O)NC[C@H](OC(=O)[C@@H]1[C@H]2C(=O)N([C@@H](CO)[C@@H](C)CC)[C@H](C(=O)N(CC=C)c3ccc(Cl)cc3)[C@]23CC[C@H]1O3)c1ccccc1. The lowest BCUT2D eigenvalue weighted by Crippen LogP contribution is -2.60. The number of likely N-dealkylation sites (tertiary alicyclic amines) is 1. The molecule has 2 bridgehead atoms. The average molecular weight is 692 g/mol. The quantitative estimate of drug-likeness (QED) is 0.187. The summed E-state index contributed by atoms with van der Waals surface area (Å²) in [6.07, 6.45) is 4.05. The predicted octanol–water partition coefficient (Wildman–Crippen LogP) is 5.01. The van der Waals surface area contributed by atoms with Crippen molar-refractivity contribution in [2.45, 2.75) is 75.8 Å². The van der Waals surface area contributed by atoms with E-state index in [4.69, 9.17) is 21.1 Å². The number of ether oxygens (including phenoxy) is 2. The van der Waals surface area contributed by atoms with Crippen molar-refractivity contribution in [3.63, 3.8) is 0 Å². The number of hydrogen-bond acceptors (Lipinski definition) is 7. The first kappa shape index (κ1) is 36.3. The van der Waals surface area contributed by atoms with Gasteiger partial charge in [-0.25, -0.2) is 0 Å². The van der Waals surface area contributed by atoms with Gasteiger partial charge >= 0.3 is 5.97 Å². The molecule has 10 nitrogen and oxygen atoms in total. The molecule has 262 valence electrons. The Morgan fingerprint density at radius 1 is 1.16 bits per heavy atom. The van der Waals surface area contributed by atoms with Crippen LogP contribution in [0, 0.1) is 17.8 Å². The van der Waals surface area contributed by atoms with Gasteiger partial charge < -0.3 is 29.7 Å². The Morgan fingerprint density at radius 2 is 1.88 bits per heavy atom. The van der Waals surface area contributed by atoms with Crippen LogP contribution in [-0.2, 0) is 28.7 Å². The van der Waals surface area contributed by atoms with E-state index in [9.17, 15) is 24.3 Å². The molecule has 3 heterocycles. The number of amides is 3. The number of hydrogen-bond donors (Lipinski definition) is 2. The lowest BCUT2D eigenvalue weighted by molar-refractivity contribution is -0.161. The molecule has 0 aliphatic carbocycles. The second-order valence-electron chi connectivity index (χ2n) is 13.1. The number of halogens is 1. The molecule has 1 spiro atoms. The molecule has 3 amide bonds. The van der Waals surface area contributed by atoms with E-state index in [2.05, 4.69) is 18.5 Å². The molecule has 2 N–H and O–H groups in total. The summed E-state index contributed by atoms with van der Waals surface area (Å²) in [7, 11) is 0. The Labute approximate surface area is 293 Å². The van der Waals surface area contributed by atoms with Gasteiger partial charge in [-0.15, -0.1) is 13.2 Å². The summed E-state index contributed by atoms with van der Waals surface area (Å²) in [5, 5.41) is 14.0. The average Bonchev–Trinajstić information content (AvgIpc) is 3.76. The largest absolute Gasteiger partial charge is 0.455 e. The molecule has 0 unspecified atom stereocenters. The summed E-state index contributed by atoms with van der Waals surface area (Å²) >= 11 is 6.16. The minimum atomic E-state index is -1.31. The molecular weight excluding hydrogens is 646 g/mol. The van der Waals surface area contributed by atoms with Crippen LogP contribution in [0.3, 0.4) is 0 Å². The molecule has 49 heavy (non-hydrogen) atoms. The van der Waals surface area contributed by atoms with Crippen LogP contribution >= 0.6 is 11.6 Å². The lowest BCUT2D eigenvalue weighted by Gasteiger charge is -2.40. The minimum absolute atomic E-state index is 0.0408. The number of nitrogens with zero attached hydrogens (tertiary/aromatic N) is 2. The maximum absolute atomic E-state index is 14.8. The van der Waals surface area contributed by atoms with Gasteiger partial charge in [0.1, 0.15) is 17.7 Å². The van der Waals surface area contributed by atoms with Crippen LogP contribution in [0.1, 0.15) is 57.6 Å². The molecule has 0 saturated carbocycles. The van der Waals surface area contributed by atoms with Crippen molar-refractivity contribution in [1.29, 1.82) is 0 Å². The predicted molar refractivity (Wildman–Crippen MR) is 186 cm³/mol. The third kappa shape index (κ3) is 7.04. The molecule has 3 saturated heterocycles. The number of aliphatic hydroxyl groups is 1. The van der Waals surface area contributed by atoms with Gasteiger partial charge in [0.2, 0.25) is 11.8 Å². The molecule has 5 rings (SSSR count). The highest BCUT2D eigenvalue weighted by Crippen LogP contribution is 2.59. The zero-order chi connectivity index (χ0) is 35.3. The van der Waals surface area contributed by atoms with Crippen LogP contribution in [-0.4, -0.2) is 77.2 Å². The van der Waals surface area contributed by atoms with E-state index in [1.807, 2.05) is 44.2 Å². The highest BCUT2D eigenvalue weighted by molar-refractivity contribution is 6.30. The molecule has 3 fully saturated rings. The number of esters is 1. The summed E-state index contributed by atoms with van der Waals surface area (Å²) in [5.41, 5.74) is -0.0580. The van der Waals surface area contributed by atoms with E-state index < -0.39 is 53.6 Å². The number of benzene rings is 2. The molecule has 0 radical (unpaired) electrons. The van der Waals surface area contributed by atoms with Gasteiger partial charge in [0, 0.05) is 23.7 Å². The molecule has 2 aromatic rings. The fourth-order valence-electron chi connectivity index (χ4n) is 7.67. The maximum atomic E-state index is 14.8. The van der Waals surface area contributed by atoms with Crippen molar-refractivity contribution in [2.24, 2.45) is 17.8 Å². The summed E-state index contributed by atoms with van der Waals surface area (Å²) in [6, 6.07) is 14.1. The van der Waals surface area contributed by atoms with Gasteiger partial charge in [0.05, 0.1) is 37.1 Å². The fourth-order valence-corrected chi connectivity index (χ4v) is 7.80. The smallest absolute Gasteiger partial charge is 0.313 e. The van der Waals surface area contributed by atoms with Crippen molar-refractivity contribution in [2.75, 3.05) is 24.6 Å². The number of fused-ring (bicyclic) bond motifs is 1. The summed E-state index contributed by atoms with van der Waals surface area (Å²) in [6.45, 7) is 11.2. The Hall–Kier alpha value is -3.99. The van der Waals surface area contributed by atoms with Crippen LogP contribution in [0.5, 0.6) is 0 Å². The highest BCUT2D eigenvalue weighted by atomic mass is 35.5. The van der Waals surface area contributed by atoms with Crippen LogP contribution in [0.25, 0.3) is 0 Å². The Kier molecular flexibility index (Phi) is 11.6. The van der Waals surface area contributed by atoms with E-state index >= 15 is 0 Å². The molecule has 0 aromatic heterocycles. The molecular formula is C38H46ClN3O7. The summed E-state index contributed by atoms with van der Waals surface area (Å²) in [5.74, 6) is -3.77. The van der Waals surface area contributed by atoms with Gasteiger partial charge in [-0.2, -0.15) is 0 Å². The fraction of sp³-hybridized carbons (Fsp3) is 0.474. The second kappa shape index (κ2) is 15.7. The number of carbonyl (C=O) groups excluding carboxylic acids is 4. The highest BCUT2D eigenvalue weighted by Gasteiger charge is 2.76.